The molecule has 0 unspecified atom stereocenters. The summed E-state index contributed by atoms with van der Waals surface area (Å²) >= 11 is 6.16. The average Bonchev–Trinajstić information content (AvgIpc) is 2.77. The minimum atomic E-state index is -0.191. The Morgan fingerprint density at radius 3 is 2.40 bits per heavy atom. The van der Waals surface area contributed by atoms with Gasteiger partial charge in [-0.3, -0.25) is 4.79 Å². The molecule has 0 bridgehead atoms. The van der Waals surface area contributed by atoms with E-state index in [0.717, 1.165) is 11.3 Å². The van der Waals surface area contributed by atoms with Crippen LogP contribution in [-0.2, 0) is 6.61 Å². The summed E-state index contributed by atoms with van der Waals surface area (Å²) in [5.74, 6) is 1.89. The summed E-state index contributed by atoms with van der Waals surface area (Å²) in [5, 5.41) is 3.58. The van der Waals surface area contributed by atoms with Crippen molar-refractivity contribution in [1.82, 2.24) is 5.32 Å². The molecule has 0 aliphatic heterocycles. The second-order valence-electron chi connectivity index (χ2n) is 6.77. The number of hydrogen-bond donors (Lipinski definition) is 1. The molecule has 0 saturated heterocycles. The molecule has 3 aromatic rings. The van der Waals surface area contributed by atoms with Crippen LogP contribution in [0.5, 0.6) is 17.2 Å². The zero-order valence-electron chi connectivity index (χ0n) is 16.9. The van der Waals surface area contributed by atoms with E-state index in [1.165, 1.54) is 0 Å². The largest absolute Gasteiger partial charge is 0.497 e. The van der Waals surface area contributed by atoms with Crippen LogP contribution < -0.4 is 19.5 Å². The van der Waals surface area contributed by atoms with Crippen molar-refractivity contribution in [2.45, 2.75) is 19.6 Å². The second-order valence-corrected chi connectivity index (χ2v) is 7.18. The lowest BCUT2D eigenvalue weighted by molar-refractivity contribution is 0.0926. The van der Waals surface area contributed by atoms with E-state index in [9.17, 15) is 4.79 Å². The number of carbonyl (C=O) groups excluding carboxylic acids is 1. The molecule has 3 aromatic carbocycles. The first-order valence-electron chi connectivity index (χ1n) is 9.59. The van der Waals surface area contributed by atoms with Gasteiger partial charge >= 0.3 is 0 Å². The van der Waals surface area contributed by atoms with Gasteiger partial charge in [0, 0.05) is 16.1 Å². The van der Waals surface area contributed by atoms with Crippen molar-refractivity contribution in [1.29, 1.82) is 0 Å². The lowest BCUT2D eigenvalue weighted by Crippen LogP contribution is -2.36. The highest BCUT2D eigenvalue weighted by Gasteiger charge is 2.12. The van der Waals surface area contributed by atoms with Gasteiger partial charge in [-0.15, -0.1) is 0 Å². The smallest absolute Gasteiger partial charge is 0.251 e. The highest BCUT2D eigenvalue weighted by molar-refractivity contribution is 6.31. The fourth-order valence-electron chi connectivity index (χ4n) is 2.75. The summed E-state index contributed by atoms with van der Waals surface area (Å²) in [6.07, 6.45) is 0. The maximum absolute atomic E-state index is 12.6. The van der Waals surface area contributed by atoms with Crippen LogP contribution in [0, 0.1) is 0 Å². The molecule has 0 saturated carbocycles. The van der Waals surface area contributed by atoms with Gasteiger partial charge in [-0.25, -0.2) is 0 Å². The second kappa shape index (κ2) is 10.6. The summed E-state index contributed by atoms with van der Waals surface area (Å²) in [4.78, 5) is 12.6. The summed E-state index contributed by atoms with van der Waals surface area (Å²) < 4.78 is 16.6. The van der Waals surface area contributed by atoms with Gasteiger partial charge in [0.25, 0.3) is 5.91 Å². The molecule has 0 aliphatic carbocycles. The molecule has 1 amide bonds. The fourth-order valence-corrected chi connectivity index (χ4v) is 2.94. The monoisotopic (exact) mass is 425 g/mol. The van der Waals surface area contributed by atoms with Crippen molar-refractivity contribution in [3.05, 3.63) is 88.9 Å². The van der Waals surface area contributed by atoms with E-state index in [0.29, 0.717) is 35.3 Å². The first-order valence-corrected chi connectivity index (χ1v) is 9.97. The van der Waals surface area contributed by atoms with Crippen LogP contribution in [0.1, 0.15) is 22.8 Å². The van der Waals surface area contributed by atoms with Gasteiger partial charge in [-0.2, -0.15) is 0 Å². The Morgan fingerprint density at radius 1 is 0.933 bits per heavy atom. The molecule has 0 radical (unpaired) electrons. The molecule has 0 aromatic heterocycles. The third-order valence-corrected chi connectivity index (χ3v) is 4.75. The molecule has 0 heterocycles. The van der Waals surface area contributed by atoms with Gasteiger partial charge in [0.15, 0.2) is 0 Å². The zero-order valence-corrected chi connectivity index (χ0v) is 17.7. The van der Waals surface area contributed by atoms with E-state index in [1.54, 1.807) is 25.3 Å². The first-order chi connectivity index (χ1) is 14.5. The number of amides is 1. The Bertz CT molecular complexity index is 975. The van der Waals surface area contributed by atoms with E-state index in [2.05, 4.69) is 5.32 Å². The van der Waals surface area contributed by atoms with E-state index in [4.69, 9.17) is 25.8 Å². The zero-order chi connectivity index (χ0) is 21.3. The Morgan fingerprint density at radius 2 is 1.67 bits per heavy atom. The highest BCUT2D eigenvalue weighted by atomic mass is 35.5. The van der Waals surface area contributed by atoms with Gasteiger partial charge in [-0.05, 0) is 55.5 Å². The van der Waals surface area contributed by atoms with Crippen LogP contribution in [0.4, 0.5) is 0 Å². The molecule has 156 valence electrons. The molecule has 1 atom stereocenters. The van der Waals surface area contributed by atoms with E-state index >= 15 is 0 Å². The predicted octanol–water partition coefficient (Wildman–Crippen LogP) is 5.12. The number of nitrogens with one attached hydrogen (secondary N) is 1. The fraction of sp³-hybridized carbons (Fsp3) is 0.208. The van der Waals surface area contributed by atoms with Crippen molar-refractivity contribution in [3.63, 3.8) is 0 Å². The Kier molecular flexibility index (Phi) is 7.57. The summed E-state index contributed by atoms with van der Waals surface area (Å²) in [7, 11) is 1.62. The number of methoxy groups -OCH3 is 1. The Hall–Kier alpha value is -3.18. The average molecular weight is 426 g/mol. The standard InChI is InChI=1S/C24H24ClNO4/c1-17(15-29-21-12-10-20(28-2)11-13-21)26-24(27)18-7-5-8-22(14-18)30-16-19-6-3-4-9-23(19)25/h3-14,17H,15-16H2,1-2H3,(H,26,27)/t17-/m0/s1. The van der Waals surface area contributed by atoms with E-state index in [1.807, 2.05) is 61.5 Å². The topological polar surface area (TPSA) is 56.8 Å². The summed E-state index contributed by atoms with van der Waals surface area (Å²) in [6.45, 7) is 2.57. The number of halogens is 1. The molecule has 0 fully saturated rings. The van der Waals surface area contributed by atoms with Crippen molar-refractivity contribution in [3.8, 4) is 17.2 Å². The Labute approximate surface area is 181 Å². The molecular formula is C24H24ClNO4. The SMILES string of the molecule is COc1ccc(OC[C@H](C)NC(=O)c2cccc(OCc3ccccc3Cl)c2)cc1. The number of rotatable bonds is 9. The van der Waals surface area contributed by atoms with Gasteiger partial charge in [0.1, 0.15) is 30.5 Å². The summed E-state index contributed by atoms with van der Waals surface area (Å²) in [5.41, 5.74) is 1.40. The van der Waals surface area contributed by atoms with Crippen LogP contribution >= 0.6 is 11.6 Å². The van der Waals surface area contributed by atoms with Gasteiger partial charge in [-0.1, -0.05) is 35.9 Å². The highest BCUT2D eigenvalue weighted by Crippen LogP contribution is 2.20. The van der Waals surface area contributed by atoms with Crippen LogP contribution in [-0.4, -0.2) is 25.7 Å². The summed E-state index contributed by atoms with van der Waals surface area (Å²) in [6, 6.07) is 21.7. The molecule has 3 rings (SSSR count). The Balaban J connectivity index is 1.51. The first kappa shape index (κ1) is 21.5. The molecular weight excluding hydrogens is 402 g/mol. The maximum Gasteiger partial charge on any atom is 0.251 e. The van der Waals surface area contributed by atoms with Gasteiger partial charge in [0.05, 0.1) is 13.2 Å². The molecule has 0 aliphatic rings. The lowest BCUT2D eigenvalue weighted by atomic mass is 10.2. The third kappa shape index (κ3) is 6.16. The van der Waals surface area contributed by atoms with Crippen LogP contribution in [0.2, 0.25) is 5.02 Å². The van der Waals surface area contributed by atoms with E-state index < -0.39 is 0 Å². The van der Waals surface area contributed by atoms with Crippen LogP contribution in [0.15, 0.2) is 72.8 Å². The third-order valence-electron chi connectivity index (χ3n) is 4.39. The number of hydrogen-bond acceptors (Lipinski definition) is 4. The molecule has 5 nitrogen and oxygen atoms in total. The number of ether oxygens (including phenoxy) is 3. The van der Waals surface area contributed by atoms with Crippen LogP contribution in [0.3, 0.4) is 0 Å². The maximum atomic E-state index is 12.6. The predicted molar refractivity (Wildman–Crippen MR) is 118 cm³/mol. The molecule has 0 spiro atoms. The van der Waals surface area contributed by atoms with Gasteiger partial charge < -0.3 is 19.5 Å². The van der Waals surface area contributed by atoms with E-state index in [-0.39, 0.29) is 11.9 Å². The molecule has 1 N–H and O–H groups in total. The van der Waals surface area contributed by atoms with Crippen molar-refractivity contribution in [2.24, 2.45) is 0 Å². The number of carbonyl (C=O) groups is 1. The minimum Gasteiger partial charge on any atom is -0.497 e. The normalized spacial score (nSPS) is 11.4. The lowest BCUT2D eigenvalue weighted by Gasteiger charge is -2.16. The van der Waals surface area contributed by atoms with Gasteiger partial charge in [0.2, 0.25) is 0 Å². The quantitative estimate of drug-likeness (QED) is 0.516. The van der Waals surface area contributed by atoms with Crippen molar-refractivity contribution in [2.75, 3.05) is 13.7 Å². The number of benzene rings is 3. The molecule has 6 heteroatoms. The van der Waals surface area contributed by atoms with Crippen LogP contribution in [0.25, 0.3) is 0 Å². The van der Waals surface area contributed by atoms with Crippen molar-refractivity contribution >= 4 is 17.5 Å². The van der Waals surface area contributed by atoms with Crippen molar-refractivity contribution < 1.29 is 19.0 Å². The minimum absolute atomic E-state index is 0.174. The molecule has 30 heavy (non-hydrogen) atoms.